The lowest BCUT2D eigenvalue weighted by Gasteiger charge is -2.23. The van der Waals surface area contributed by atoms with E-state index in [2.05, 4.69) is 10.2 Å². The Balaban J connectivity index is 1.39. The Morgan fingerprint density at radius 1 is 1.33 bits per heavy atom. The lowest BCUT2D eigenvalue weighted by Crippen LogP contribution is -2.42. The normalized spacial score (nSPS) is 22.9. The Bertz CT molecular complexity index is 487. The van der Waals surface area contributed by atoms with E-state index in [1.165, 1.54) is 30.8 Å². The quantitative estimate of drug-likeness (QED) is 0.923. The van der Waals surface area contributed by atoms with E-state index in [9.17, 15) is 4.79 Å². The number of amides is 2. The van der Waals surface area contributed by atoms with Crippen molar-refractivity contribution in [2.75, 3.05) is 32.7 Å². The molecule has 21 heavy (non-hydrogen) atoms. The Morgan fingerprint density at radius 2 is 2.14 bits per heavy atom. The number of halogens is 1. The summed E-state index contributed by atoms with van der Waals surface area (Å²) in [6.45, 7) is 4.87. The molecule has 1 aromatic heterocycles. The summed E-state index contributed by atoms with van der Waals surface area (Å²) in [5.41, 5.74) is 0. The minimum atomic E-state index is 0.0827. The summed E-state index contributed by atoms with van der Waals surface area (Å²) >= 11 is 7.48. The molecule has 0 spiro atoms. The fourth-order valence-electron chi connectivity index (χ4n) is 3.22. The van der Waals surface area contributed by atoms with Crippen LogP contribution in [0.2, 0.25) is 4.34 Å². The van der Waals surface area contributed by atoms with Crippen molar-refractivity contribution in [3.8, 4) is 0 Å². The molecular weight excluding hydrogens is 306 g/mol. The summed E-state index contributed by atoms with van der Waals surface area (Å²) < 4.78 is 0.810. The molecular formula is C15H22ClN3OS. The van der Waals surface area contributed by atoms with E-state index in [1.54, 1.807) is 11.3 Å². The summed E-state index contributed by atoms with van der Waals surface area (Å²) in [7, 11) is 0. The number of rotatable bonds is 4. The van der Waals surface area contributed by atoms with E-state index in [1.807, 2.05) is 17.0 Å². The topological polar surface area (TPSA) is 35.6 Å². The zero-order valence-corrected chi connectivity index (χ0v) is 13.8. The Kier molecular flexibility index (Phi) is 5.03. The summed E-state index contributed by atoms with van der Waals surface area (Å²) in [4.78, 5) is 17.9. The number of hydrogen-bond acceptors (Lipinski definition) is 3. The first-order valence-corrected chi connectivity index (χ1v) is 8.93. The Hall–Kier alpha value is -0.780. The molecule has 0 aromatic carbocycles. The molecule has 2 fully saturated rings. The molecule has 3 rings (SSSR count). The maximum absolute atomic E-state index is 12.2. The van der Waals surface area contributed by atoms with E-state index in [4.69, 9.17) is 11.6 Å². The highest BCUT2D eigenvalue weighted by molar-refractivity contribution is 7.16. The number of carbonyl (C=O) groups excluding carboxylic acids is 1. The van der Waals surface area contributed by atoms with Gasteiger partial charge in [0, 0.05) is 30.6 Å². The minimum absolute atomic E-state index is 0.0827. The fourth-order valence-corrected chi connectivity index (χ4v) is 4.31. The molecule has 2 saturated heterocycles. The van der Waals surface area contributed by atoms with Gasteiger partial charge < -0.3 is 10.2 Å². The molecule has 0 aliphatic carbocycles. The van der Waals surface area contributed by atoms with Crippen molar-refractivity contribution in [2.45, 2.75) is 31.7 Å². The van der Waals surface area contributed by atoms with Gasteiger partial charge in [-0.3, -0.25) is 4.90 Å². The highest BCUT2D eigenvalue weighted by Crippen LogP contribution is 2.22. The number of nitrogens with zero attached hydrogens (tertiary/aromatic N) is 2. The molecule has 2 aliphatic rings. The van der Waals surface area contributed by atoms with Gasteiger partial charge >= 0.3 is 6.03 Å². The molecule has 1 N–H and O–H groups in total. The van der Waals surface area contributed by atoms with Crippen LogP contribution in [0, 0.1) is 0 Å². The second kappa shape index (κ2) is 6.99. The highest BCUT2D eigenvalue weighted by atomic mass is 35.5. The van der Waals surface area contributed by atoms with E-state index in [0.717, 1.165) is 30.3 Å². The second-order valence-corrected chi connectivity index (χ2v) is 7.62. The van der Waals surface area contributed by atoms with Crippen LogP contribution < -0.4 is 5.32 Å². The third-order valence-corrected chi connectivity index (χ3v) is 5.68. The van der Waals surface area contributed by atoms with Gasteiger partial charge in [0.25, 0.3) is 0 Å². The molecule has 6 heteroatoms. The Labute approximate surface area is 135 Å². The number of urea groups is 1. The molecule has 2 amide bonds. The monoisotopic (exact) mass is 327 g/mol. The van der Waals surface area contributed by atoms with Crippen LogP contribution in [-0.4, -0.2) is 54.6 Å². The maximum atomic E-state index is 12.2. The predicted molar refractivity (Wildman–Crippen MR) is 87.2 cm³/mol. The molecule has 1 unspecified atom stereocenters. The standard InChI is InChI=1S/C15H22ClN3OS/c16-14-4-3-13(21-14)5-7-17-15(20)19-10-6-12(11-19)18-8-1-2-9-18/h3-4,12H,1-2,5-11H2,(H,17,20). The van der Waals surface area contributed by atoms with Gasteiger partial charge in [-0.1, -0.05) is 11.6 Å². The van der Waals surface area contributed by atoms with Gasteiger partial charge in [-0.05, 0) is 50.9 Å². The maximum Gasteiger partial charge on any atom is 0.317 e. The zero-order chi connectivity index (χ0) is 14.7. The molecule has 0 bridgehead atoms. The number of thiophene rings is 1. The average Bonchev–Trinajstić information content (AvgIpc) is 3.19. The SMILES string of the molecule is O=C(NCCc1ccc(Cl)s1)N1CCC(N2CCCC2)C1. The fraction of sp³-hybridized carbons (Fsp3) is 0.667. The van der Waals surface area contributed by atoms with Crippen LogP contribution in [0.1, 0.15) is 24.1 Å². The largest absolute Gasteiger partial charge is 0.338 e. The van der Waals surface area contributed by atoms with Gasteiger partial charge in [0.1, 0.15) is 0 Å². The summed E-state index contributed by atoms with van der Waals surface area (Å²) in [5, 5.41) is 3.03. The van der Waals surface area contributed by atoms with Crippen molar-refractivity contribution >= 4 is 29.0 Å². The molecule has 0 saturated carbocycles. The Morgan fingerprint density at radius 3 is 2.86 bits per heavy atom. The van der Waals surface area contributed by atoms with Crippen LogP contribution >= 0.6 is 22.9 Å². The number of nitrogens with one attached hydrogen (secondary N) is 1. The minimum Gasteiger partial charge on any atom is -0.338 e. The van der Waals surface area contributed by atoms with E-state index in [-0.39, 0.29) is 6.03 Å². The molecule has 3 heterocycles. The molecule has 1 aromatic rings. The van der Waals surface area contributed by atoms with Crippen LogP contribution in [0.15, 0.2) is 12.1 Å². The van der Waals surface area contributed by atoms with Crippen LogP contribution in [0.3, 0.4) is 0 Å². The van der Waals surface area contributed by atoms with Crippen molar-refractivity contribution < 1.29 is 4.79 Å². The van der Waals surface area contributed by atoms with Gasteiger partial charge in [-0.15, -0.1) is 11.3 Å². The van der Waals surface area contributed by atoms with Crippen LogP contribution in [0.5, 0.6) is 0 Å². The summed E-state index contributed by atoms with van der Waals surface area (Å²) in [5.74, 6) is 0. The third kappa shape index (κ3) is 3.90. The average molecular weight is 328 g/mol. The van der Waals surface area contributed by atoms with E-state index in [0.29, 0.717) is 12.6 Å². The van der Waals surface area contributed by atoms with Crippen molar-refractivity contribution in [3.63, 3.8) is 0 Å². The van der Waals surface area contributed by atoms with Crippen molar-refractivity contribution in [1.82, 2.24) is 15.1 Å². The third-order valence-electron chi connectivity index (χ3n) is 4.38. The smallest absolute Gasteiger partial charge is 0.317 e. The summed E-state index contributed by atoms with van der Waals surface area (Å²) in [6, 6.07) is 4.59. The highest BCUT2D eigenvalue weighted by Gasteiger charge is 2.31. The summed E-state index contributed by atoms with van der Waals surface area (Å²) in [6.07, 6.45) is 4.60. The number of carbonyl (C=O) groups is 1. The van der Waals surface area contributed by atoms with E-state index < -0.39 is 0 Å². The van der Waals surface area contributed by atoms with Crippen LogP contribution in [-0.2, 0) is 6.42 Å². The van der Waals surface area contributed by atoms with Crippen LogP contribution in [0.4, 0.5) is 4.79 Å². The lowest BCUT2D eigenvalue weighted by molar-refractivity contribution is 0.199. The first-order chi connectivity index (χ1) is 10.2. The number of hydrogen-bond donors (Lipinski definition) is 1. The number of likely N-dealkylation sites (tertiary alicyclic amines) is 2. The predicted octanol–water partition coefficient (Wildman–Crippen LogP) is 2.82. The first-order valence-electron chi connectivity index (χ1n) is 7.73. The van der Waals surface area contributed by atoms with Gasteiger partial charge in [0.05, 0.1) is 4.34 Å². The lowest BCUT2D eigenvalue weighted by atomic mass is 10.2. The van der Waals surface area contributed by atoms with Crippen molar-refractivity contribution in [3.05, 3.63) is 21.3 Å². The van der Waals surface area contributed by atoms with Gasteiger partial charge in [0.2, 0.25) is 0 Å². The van der Waals surface area contributed by atoms with Gasteiger partial charge in [-0.2, -0.15) is 0 Å². The molecule has 1 atom stereocenters. The molecule has 2 aliphatic heterocycles. The first kappa shape index (κ1) is 15.1. The molecule has 4 nitrogen and oxygen atoms in total. The zero-order valence-electron chi connectivity index (χ0n) is 12.2. The van der Waals surface area contributed by atoms with Crippen molar-refractivity contribution in [2.24, 2.45) is 0 Å². The van der Waals surface area contributed by atoms with E-state index >= 15 is 0 Å². The molecule has 116 valence electrons. The van der Waals surface area contributed by atoms with Gasteiger partial charge in [0.15, 0.2) is 0 Å². The molecule has 0 radical (unpaired) electrons. The van der Waals surface area contributed by atoms with Crippen LogP contribution in [0.25, 0.3) is 0 Å². The second-order valence-electron chi connectivity index (χ2n) is 5.82. The van der Waals surface area contributed by atoms with Gasteiger partial charge in [-0.25, -0.2) is 4.79 Å². The van der Waals surface area contributed by atoms with Crippen molar-refractivity contribution in [1.29, 1.82) is 0 Å².